The second kappa shape index (κ2) is 5.48. The van der Waals surface area contributed by atoms with Gasteiger partial charge in [0.15, 0.2) is 0 Å². The largest absolute Gasteiger partial charge is 0.370 e. The fourth-order valence-corrected chi connectivity index (χ4v) is 2.38. The Labute approximate surface area is 102 Å². The van der Waals surface area contributed by atoms with Crippen LogP contribution in [0.5, 0.6) is 0 Å². The van der Waals surface area contributed by atoms with Gasteiger partial charge in [0.2, 0.25) is 0 Å². The normalized spacial score (nSPS) is 16.6. The van der Waals surface area contributed by atoms with Crippen LogP contribution in [0.15, 0.2) is 6.07 Å². The van der Waals surface area contributed by atoms with E-state index in [9.17, 15) is 0 Å². The topological polar surface area (TPSA) is 37.8 Å². The number of halogens is 1. The van der Waals surface area contributed by atoms with Gasteiger partial charge in [0, 0.05) is 19.0 Å². The molecule has 1 aromatic heterocycles. The van der Waals surface area contributed by atoms with Crippen molar-refractivity contribution in [3.63, 3.8) is 0 Å². The molecule has 3 nitrogen and oxygen atoms in total. The third-order valence-electron chi connectivity index (χ3n) is 3.10. The number of aryl methyl sites for hydroxylation is 1. The van der Waals surface area contributed by atoms with E-state index in [2.05, 4.69) is 15.3 Å². The average molecular weight is 240 g/mol. The molecule has 0 spiro atoms. The summed E-state index contributed by atoms with van der Waals surface area (Å²) in [5.74, 6) is 2.48. The van der Waals surface area contributed by atoms with Gasteiger partial charge in [-0.2, -0.15) is 0 Å². The standard InChI is InChI=1S/C12H18ClN3/c1-2-11-15-10(13)7-12(16-11)14-8-9-5-3-4-6-9/h7,9H,2-6,8H2,1H3,(H,14,15,16). The van der Waals surface area contributed by atoms with Crippen molar-refractivity contribution in [3.05, 3.63) is 17.0 Å². The van der Waals surface area contributed by atoms with Gasteiger partial charge in [-0.05, 0) is 18.8 Å². The fraction of sp³-hybridized carbons (Fsp3) is 0.667. The lowest BCUT2D eigenvalue weighted by Crippen LogP contribution is -2.12. The molecule has 1 N–H and O–H groups in total. The Kier molecular flexibility index (Phi) is 3.99. The van der Waals surface area contributed by atoms with Crippen molar-refractivity contribution in [2.24, 2.45) is 5.92 Å². The number of hydrogen-bond acceptors (Lipinski definition) is 3. The van der Waals surface area contributed by atoms with Gasteiger partial charge >= 0.3 is 0 Å². The molecule has 1 aliphatic rings. The van der Waals surface area contributed by atoms with Crippen LogP contribution in [0.3, 0.4) is 0 Å². The van der Waals surface area contributed by atoms with Crippen LogP contribution in [0, 0.1) is 5.92 Å². The van der Waals surface area contributed by atoms with Gasteiger partial charge in [-0.3, -0.25) is 0 Å². The molecule has 0 saturated heterocycles. The van der Waals surface area contributed by atoms with E-state index < -0.39 is 0 Å². The van der Waals surface area contributed by atoms with Crippen LogP contribution < -0.4 is 5.32 Å². The monoisotopic (exact) mass is 239 g/mol. The van der Waals surface area contributed by atoms with Crippen LogP contribution in [-0.4, -0.2) is 16.5 Å². The molecule has 1 fully saturated rings. The summed E-state index contributed by atoms with van der Waals surface area (Å²) in [6, 6.07) is 1.80. The highest BCUT2D eigenvalue weighted by Crippen LogP contribution is 2.25. The molecule has 1 aliphatic carbocycles. The minimum atomic E-state index is 0.528. The second-order valence-corrected chi connectivity index (χ2v) is 4.76. The van der Waals surface area contributed by atoms with Crippen LogP contribution >= 0.6 is 11.6 Å². The number of nitrogens with zero attached hydrogens (tertiary/aromatic N) is 2. The first-order valence-electron chi connectivity index (χ1n) is 6.05. The van der Waals surface area contributed by atoms with Crippen LogP contribution in [-0.2, 0) is 6.42 Å². The summed E-state index contributed by atoms with van der Waals surface area (Å²) < 4.78 is 0. The minimum absolute atomic E-state index is 0.528. The summed E-state index contributed by atoms with van der Waals surface area (Å²) in [5.41, 5.74) is 0. The van der Waals surface area contributed by atoms with E-state index in [4.69, 9.17) is 11.6 Å². The number of rotatable bonds is 4. The van der Waals surface area contributed by atoms with Gasteiger partial charge in [0.25, 0.3) is 0 Å². The molecule has 16 heavy (non-hydrogen) atoms. The average Bonchev–Trinajstić information content (AvgIpc) is 2.78. The maximum Gasteiger partial charge on any atom is 0.134 e. The molecule has 0 aliphatic heterocycles. The van der Waals surface area contributed by atoms with Gasteiger partial charge in [0.1, 0.15) is 16.8 Å². The molecule has 4 heteroatoms. The lowest BCUT2D eigenvalue weighted by Gasteiger charge is -2.11. The van der Waals surface area contributed by atoms with Gasteiger partial charge in [-0.1, -0.05) is 31.4 Å². The summed E-state index contributed by atoms with van der Waals surface area (Å²) in [6.45, 7) is 3.04. The molecule has 1 saturated carbocycles. The first-order valence-corrected chi connectivity index (χ1v) is 6.43. The molecule has 0 amide bonds. The molecule has 2 rings (SSSR count). The molecule has 0 atom stereocenters. The van der Waals surface area contributed by atoms with E-state index in [1.54, 1.807) is 6.07 Å². The maximum atomic E-state index is 5.93. The molecule has 0 radical (unpaired) electrons. The Morgan fingerprint density at radius 2 is 2.12 bits per heavy atom. The second-order valence-electron chi connectivity index (χ2n) is 4.38. The number of aromatic nitrogens is 2. The van der Waals surface area contributed by atoms with E-state index >= 15 is 0 Å². The summed E-state index contributed by atoms with van der Waals surface area (Å²) in [4.78, 5) is 8.55. The van der Waals surface area contributed by atoms with E-state index in [-0.39, 0.29) is 0 Å². The number of nitrogens with one attached hydrogen (secondary N) is 1. The Bertz CT molecular complexity index is 348. The Balaban J connectivity index is 1.94. The molecule has 88 valence electrons. The van der Waals surface area contributed by atoms with Crippen molar-refractivity contribution in [2.75, 3.05) is 11.9 Å². The predicted octanol–water partition coefficient (Wildman–Crippen LogP) is 3.29. The highest BCUT2D eigenvalue weighted by Gasteiger charge is 2.14. The molecule has 1 heterocycles. The third-order valence-corrected chi connectivity index (χ3v) is 3.30. The van der Waals surface area contributed by atoms with E-state index in [1.807, 2.05) is 6.92 Å². The van der Waals surface area contributed by atoms with Gasteiger partial charge in [0.05, 0.1) is 0 Å². The van der Waals surface area contributed by atoms with Crippen molar-refractivity contribution >= 4 is 17.4 Å². The zero-order valence-electron chi connectivity index (χ0n) is 9.67. The van der Waals surface area contributed by atoms with Crippen LogP contribution in [0.4, 0.5) is 5.82 Å². The minimum Gasteiger partial charge on any atom is -0.370 e. The van der Waals surface area contributed by atoms with Gasteiger partial charge in [-0.25, -0.2) is 9.97 Å². The van der Waals surface area contributed by atoms with Crippen LogP contribution in [0.25, 0.3) is 0 Å². The van der Waals surface area contributed by atoms with Crippen molar-refractivity contribution in [3.8, 4) is 0 Å². The van der Waals surface area contributed by atoms with Gasteiger partial charge in [-0.15, -0.1) is 0 Å². The van der Waals surface area contributed by atoms with Crippen LogP contribution in [0.2, 0.25) is 5.15 Å². The van der Waals surface area contributed by atoms with E-state index in [1.165, 1.54) is 25.7 Å². The molecule has 1 aromatic rings. The van der Waals surface area contributed by atoms with Crippen molar-refractivity contribution < 1.29 is 0 Å². The fourth-order valence-electron chi connectivity index (χ4n) is 2.18. The van der Waals surface area contributed by atoms with Gasteiger partial charge < -0.3 is 5.32 Å². The lowest BCUT2D eigenvalue weighted by molar-refractivity contribution is 0.578. The Morgan fingerprint density at radius 3 is 2.81 bits per heavy atom. The highest BCUT2D eigenvalue weighted by atomic mass is 35.5. The molecule has 0 unspecified atom stereocenters. The molecular formula is C12H18ClN3. The Morgan fingerprint density at radius 1 is 1.38 bits per heavy atom. The quantitative estimate of drug-likeness (QED) is 0.820. The summed E-state index contributed by atoms with van der Waals surface area (Å²) >= 11 is 5.93. The van der Waals surface area contributed by atoms with Crippen LogP contribution in [0.1, 0.15) is 38.4 Å². The third kappa shape index (κ3) is 3.08. The summed E-state index contributed by atoms with van der Waals surface area (Å²) in [6.07, 6.45) is 6.24. The van der Waals surface area contributed by atoms with Crippen molar-refractivity contribution in [1.29, 1.82) is 0 Å². The number of anilines is 1. The lowest BCUT2D eigenvalue weighted by atomic mass is 10.1. The highest BCUT2D eigenvalue weighted by molar-refractivity contribution is 6.29. The predicted molar refractivity (Wildman–Crippen MR) is 66.9 cm³/mol. The molecular weight excluding hydrogens is 222 g/mol. The van der Waals surface area contributed by atoms with Crippen molar-refractivity contribution in [1.82, 2.24) is 9.97 Å². The Hall–Kier alpha value is -0.830. The first kappa shape index (κ1) is 11.6. The molecule has 0 bridgehead atoms. The summed E-state index contributed by atoms with van der Waals surface area (Å²) in [5, 5.41) is 3.90. The smallest absolute Gasteiger partial charge is 0.134 e. The SMILES string of the molecule is CCc1nc(Cl)cc(NCC2CCCC2)n1. The molecule has 0 aromatic carbocycles. The zero-order chi connectivity index (χ0) is 11.4. The zero-order valence-corrected chi connectivity index (χ0v) is 10.4. The van der Waals surface area contributed by atoms with Crippen molar-refractivity contribution in [2.45, 2.75) is 39.0 Å². The maximum absolute atomic E-state index is 5.93. The number of hydrogen-bond donors (Lipinski definition) is 1. The summed E-state index contributed by atoms with van der Waals surface area (Å²) in [7, 11) is 0. The first-order chi connectivity index (χ1) is 7.78. The van der Waals surface area contributed by atoms with E-state index in [0.29, 0.717) is 5.15 Å². The van der Waals surface area contributed by atoms with E-state index in [0.717, 1.165) is 30.5 Å².